The number of rotatable bonds is 4. The molecule has 1 aromatic heterocycles. The van der Waals surface area contributed by atoms with Gasteiger partial charge in [0, 0.05) is 16.4 Å². The second-order valence-electron chi connectivity index (χ2n) is 3.74. The van der Waals surface area contributed by atoms with Crippen molar-refractivity contribution in [2.75, 3.05) is 17.6 Å². The van der Waals surface area contributed by atoms with Crippen LogP contribution in [0.3, 0.4) is 0 Å². The lowest BCUT2D eigenvalue weighted by molar-refractivity contribution is 0.830. The Labute approximate surface area is 103 Å². The van der Waals surface area contributed by atoms with E-state index >= 15 is 0 Å². The van der Waals surface area contributed by atoms with Crippen molar-refractivity contribution in [3.8, 4) is 0 Å². The van der Waals surface area contributed by atoms with Crippen molar-refractivity contribution >= 4 is 38.3 Å². The molecule has 5 heteroatoms. The molecule has 86 valence electrons. The van der Waals surface area contributed by atoms with Crippen molar-refractivity contribution in [3.05, 3.63) is 16.6 Å². The second-order valence-corrected chi connectivity index (χ2v) is 4.59. The van der Waals surface area contributed by atoms with Crippen LogP contribution >= 0.6 is 15.9 Å². The molecule has 0 aliphatic heterocycles. The van der Waals surface area contributed by atoms with E-state index in [1.807, 2.05) is 12.1 Å². The summed E-state index contributed by atoms with van der Waals surface area (Å²) in [6.45, 7) is 3.10. The number of nitrogens with zero attached hydrogens (tertiary/aromatic N) is 1. The van der Waals surface area contributed by atoms with Crippen LogP contribution in [0.15, 0.2) is 16.6 Å². The highest BCUT2D eigenvalue weighted by atomic mass is 79.9. The minimum atomic E-state index is 0.702. The average Bonchev–Trinajstić information content (AvgIpc) is 2.68. The third-order valence-electron chi connectivity index (χ3n) is 2.55. The van der Waals surface area contributed by atoms with Gasteiger partial charge in [0.15, 0.2) is 5.82 Å². The summed E-state index contributed by atoms with van der Waals surface area (Å²) >= 11 is 3.40. The van der Waals surface area contributed by atoms with Gasteiger partial charge in [-0.2, -0.15) is 5.10 Å². The maximum Gasteiger partial charge on any atom is 0.155 e. The van der Waals surface area contributed by atoms with Gasteiger partial charge in [0.1, 0.15) is 0 Å². The predicted octanol–water partition coefficient (Wildman–Crippen LogP) is 3.12. The monoisotopic (exact) mass is 282 g/mol. The maximum absolute atomic E-state index is 5.94. The molecule has 0 spiro atoms. The number of aromatic amines is 1. The minimum Gasteiger partial charge on any atom is -0.396 e. The Hall–Kier alpha value is -1.23. The van der Waals surface area contributed by atoms with E-state index in [0.717, 1.165) is 34.2 Å². The van der Waals surface area contributed by atoms with Gasteiger partial charge in [0.2, 0.25) is 0 Å². The molecule has 0 bridgehead atoms. The van der Waals surface area contributed by atoms with E-state index in [4.69, 9.17) is 5.73 Å². The Kier molecular flexibility index (Phi) is 3.33. The minimum absolute atomic E-state index is 0.702. The van der Waals surface area contributed by atoms with Gasteiger partial charge in [-0.05, 0) is 34.5 Å². The number of fused-ring (bicyclic) bond motifs is 1. The van der Waals surface area contributed by atoms with E-state index in [1.54, 1.807) is 0 Å². The van der Waals surface area contributed by atoms with Gasteiger partial charge in [-0.3, -0.25) is 5.10 Å². The summed E-state index contributed by atoms with van der Waals surface area (Å²) in [6, 6.07) is 3.95. The van der Waals surface area contributed by atoms with Gasteiger partial charge in [-0.25, -0.2) is 0 Å². The number of halogens is 1. The average molecular weight is 283 g/mol. The number of hydrogen-bond acceptors (Lipinski definition) is 3. The molecule has 0 fully saturated rings. The molecule has 16 heavy (non-hydrogen) atoms. The molecule has 0 aliphatic carbocycles. The Morgan fingerprint density at radius 3 is 3.06 bits per heavy atom. The highest BCUT2D eigenvalue weighted by Gasteiger charge is 2.09. The van der Waals surface area contributed by atoms with Crippen molar-refractivity contribution in [1.29, 1.82) is 0 Å². The molecular formula is C11H15BrN4. The summed E-state index contributed by atoms with van der Waals surface area (Å²) < 4.78 is 0.892. The van der Waals surface area contributed by atoms with Gasteiger partial charge < -0.3 is 11.1 Å². The molecule has 0 saturated carbocycles. The van der Waals surface area contributed by atoms with Crippen molar-refractivity contribution in [2.45, 2.75) is 19.8 Å². The molecule has 4 N–H and O–H groups in total. The van der Waals surface area contributed by atoms with Crippen LogP contribution in [0.25, 0.3) is 10.9 Å². The zero-order valence-corrected chi connectivity index (χ0v) is 10.8. The van der Waals surface area contributed by atoms with Gasteiger partial charge in [0.05, 0.1) is 11.2 Å². The summed E-state index contributed by atoms with van der Waals surface area (Å²) in [5, 5.41) is 11.5. The number of anilines is 2. The fourth-order valence-corrected chi connectivity index (χ4v) is 1.93. The van der Waals surface area contributed by atoms with Crippen LogP contribution < -0.4 is 11.1 Å². The van der Waals surface area contributed by atoms with E-state index in [-0.39, 0.29) is 0 Å². The van der Waals surface area contributed by atoms with Crippen LogP contribution in [-0.2, 0) is 0 Å². The molecule has 0 unspecified atom stereocenters. The SMILES string of the molecule is CCCCNc1n[nH]c2c(N)c(Br)ccc12. The molecule has 0 radical (unpaired) electrons. The molecule has 0 aliphatic rings. The highest BCUT2D eigenvalue weighted by Crippen LogP contribution is 2.30. The van der Waals surface area contributed by atoms with E-state index < -0.39 is 0 Å². The van der Waals surface area contributed by atoms with Gasteiger partial charge in [-0.15, -0.1) is 0 Å². The molecule has 4 nitrogen and oxygen atoms in total. The molecule has 1 heterocycles. The van der Waals surface area contributed by atoms with Crippen LogP contribution in [0, 0.1) is 0 Å². The number of nitrogens with one attached hydrogen (secondary N) is 2. The van der Waals surface area contributed by atoms with Crippen molar-refractivity contribution in [2.24, 2.45) is 0 Å². The number of nitrogen functional groups attached to an aromatic ring is 1. The number of hydrogen-bond donors (Lipinski definition) is 3. The lowest BCUT2D eigenvalue weighted by atomic mass is 10.2. The van der Waals surface area contributed by atoms with E-state index in [9.17, 15) is 0 Å². The third-order valence-corrected chi connectivity index (χ3v) is 3.24. The summed E-state index contributed by atoms with van der Waals surface area (Å²) in [6.07, 6.45) is 2.31. The number of benzene rings is 1. The van der Waals surface area contributed by atoms with Crippen molar-refractivity contribution in [3.63, 3.8) is 0 Å². The summed E-state index contributed by atoms with van der Waals surface area (Å²) in [4.78, 5) is 0. The highest BCUT2D eigenvalue weighted by molar-refractivity contribution is 9.10. The first kappa shape index (κ1) is 11.3. The first-order chi connectivity index (χ1) is 7.74. The molecule has 0 atom stereocenters. The summed E-state index contributed by atoms with van der Waals surface area (Å²) in [5.74, 6) is 0.877. The van der Waals surface area contributed by atoms with Crippen LogP contribution in [0.2, 0.25) is 0 Å². The fraction of sp³-hybridized carbons (Fsp3) is 0.364. The molecule has 1 aromatic carbocycles. The van der Waals surface area contributed by atoms with E-state index in [1.165, 1.54) is 6.42 Å². The van der Waals surface area contributed by atoms with E-state index in [0.29, 0.717) is 5.69 Å². The number of aromatic nitrogens is 2. The molecule has 0 saturated heterocycles. The summed E-state index contributed by atoms with van der Waals surface area (Å²) in [7, 11) is 0. The topological polar surface area (TPSA) is 66.7 Å². The lowest BCUT2D eigenvalue weighted by Gasteiger charge is -2.02. The largest absolute Gasteiger partial charge is 0.396 e. The van der Waals surface area contributed by atoms with Crippen molar-refractivity contribution in [1.82, 2.24) is 10.2 Å². The zero-order chi connectivity index (χ0) is 11.5. The lowest BCUT2D eigenvalue weighted by Crippen LogP contribution is -2.01. The summed E-state index contributed by atoms with van der Waals surface area (Å²) in [5.41, 5.74) is 7.53. The first-order valence-electron chi connectivity index (χ1n) is 5.40. The Bertz CT molecular complexity index is 492. The maximum atomic E-state index is 5.94. The van der Waals surface area contributed by atoms with E-state index in [2.05, 4.69) is 38.4 Å². The Morgan fingerprint density at radius 1 is 1.50 bits per heavy atom. The number of unbranched alkanes of at least 4 members (excludes halogenated alkanes) is 1. The Balaban J connectivity index is 2.31. The second kappa shape index (κ2) is 4.74. The van der Waals surface area contributed by atoms with Gasteiger partial charge >= 0.3 is 0 Å². The molecule has 0 amide bonds. The fourth-order valence-electron chi connectivity index (χ4n) is 1.60. The zero-order valence-electron chi connectivity index (χ0n) is 9.18. The van der Waals surface area contributed by atoms with Crippen LogP contribution in [-0.4, -0.2) is 16.7 Å². The number of H-pyrrole nitrogens is 1. The predicted molar refractivity (Wildman–Crippen MR) is 71.6 cm³/mol. The van der Waals surface area contributed by atoms with Crippen LogP contribution in [0.5, 0.6) is 0 Å². The normalized spacial score (nSPS) is 10.9. The smallest absolute Gasteiger partial charge is 0.155 e. The molecule has 2 aromatic rings. The quantitative estimate of drug-likeness (QED) is 0.596. The molecule has 2 rings (SSSR count). The third kappa shape index (κ3) is 2.00. The molecular weight excluding hydrogens is 268 g/mol. The van der Waals surface area contributed by atoms with Gasteiger partial charge in [-0.1, -0.05) is 13.3 Å². The Morgan fingerprint density at radius 2 is 2.31 bits per heavy atom. The first-order valence-corrected chi connectivity index (χ1v) is 6.19. The van der Waals surface area contributed by atoms with Crippen molar-refractivity contribution < 1.29 is 0 Å². The van der Waals surface area contributed by atoms with Crippen LogP contribution in [0.1, 0.15) is 19.8 Å². The van der Waals surface area contributed by atoms with Crippen LogP contribution in [0.4, 0.5) is 11.5 Å². The van der Waals surface area contributed by atoms with Gasteiger partial charge in [0.25, 0.3) is 0 Å². The number of nitrogens with two attached hydrogens (primary N) is 1. The standard InChI is InChI=1S/C11H15BrN4/c1-2-3-6-14-11-7-4-5-8(12)9(13)10(7)15-16-11/h4-5H,2-3,6,13H2,1H3,(H2,14,15,16).